The van der Waals surface area contributed by atoms with E-state index in [0.29, 0.717) is 5.92 Å². The molecule has 2 fully saturated rings. The fraction of sp³-hybridized carbons (Fsp3) is 0.571. The molecule has 0 spiro atoms. The maximum atomic E-state index is 10.8. The summed E-state index contributed by atoms with van der Waals surface area (Å²) in [6.45, 7) is 6.06. The third-order valence-electron chi connectivity index (χ3n) is 5.72. The van der Waals surface area contributed by atoms with Gasteiger partial charge in [-0.25, -0.2) is 4.98 Å². The fourth-order valence-corrected chi connectivity index (χ4v) is 4.96. The predicted molar refractivity (Wildman–Crippen MR) is 110 cm³/mol. The van der Waals surface area contributed by atoms with Crippen LogP contribution in [0.3, 0.4) is 0 Å². The lowest BCUT2D eigenvalue weighted by Gasteiger charge is -2.45. The third kappa shape index (κ3) is 4.35. The molecular weight excluding hydrogens is 358 g/mol. The van der Waals surface area contributed by atoms with E-state index in [1.165, 1.54) is 4.88 Å². The van der Waals surface area contributed by atoms with Crippen LogP contribution in [0.1, 0.15) is 31.1 Å². The maximum Gasteiger partial charge on any atom is 0.185 e. The van der Waals surface area contributed by atoms with Crippen molar-refractivity contribution in [3.05, 3.63) is 35.2 Å². The fourth-order valence-electron chi connectivity index (χ4n) is 4.00. The van der Waals surface area contributed by atoms with Crippen molar-refractivity contribution < 1.29 is 9.84 Å². The Morgan fingerprint density at radius 1 is 1.26 bits per heavy atom. The first kappa shape index (κ1) is 18.9. The first-order valence-corrected chi connectivity index (χ1v) is 10.9. The number of hydrogen-bond donors (Lipinski definition) is 2. The van der Waals surface area contributed by atoms with E-state index in [2.05, 4.69) is 29.3 Å². The van der Waals surface area contributed by atoms with Crippen LogP contribution >= 0.6 is 11.3 Å². The average molecular weight is 388 g/mol. The number of nitrogens with zero attached hydrogens (tertiary/aromatic N) is 2. The molecule has 2 unspecified atom stereocenters. The second-order valence-electron chi connectivity index (χ2n) is 7.51. The molecule has 2 aliphatic heterocycles. The van der Waals surface area contributed by atoms with E-state index in [0.717, 1.165) is 68.4 Å². The minimum atomic E-state index is -0.571. The summed E-state index contributed by atoms with van der Waals surface area (Å²) in [4.78, 5) is 8.46. The SMILES string of the molecule is CCc1sc(NC(O)C2CCN2CC2CCOCC2)nc1-c1ccccc1. The number of aromatic nitrogens is 1. The summed E-state index contributed by atoms with van der Waals surface area (Å²) < 4.78 is 5.46. The predicted octanol–water partition coefficient (Wildman–Crippen LogP) is 3.60. The standard InChI is InChI=1S/C21H29N3O2S/c1-2-18-19(16-6-4-3-5-7-16)22-21(27-18)23-20(25)17-8-11-24(17)14-15-9-12-26-13-10-15/h3-7,15,17,20,25H,2,8-14H2,1H3,(H,22,23). The van der Waals surface area contributed by atoms with E-state index in [4.69, 9.17) is 9.72 Å². The van der Waals surface area contributed by atoms with Crippen molar-refractivity contribution in [1.82, 2.24) is 9.88 Å². The van der Waals surface area contributed by atoms with Crippen molar-refractivity contribution in [2.45, 2.75) is 44.9 Å². The molecule has 2 N–H and O–H groups in total. The Morgan fingerprint density at radius 3 is 2.70 bits per heavy atom. The molecule has 2 aromatic rings. The summed E-state index contributed by atoms with van der Waals surface area (Å²) in [5, 5.41) is 14.8. The molecule has 4 rings (SSSR count). The molecule has 3 heterocycles. The lowest BCUT2D eigenvalue weighted by molar-refractivity contribution is -0.0256. The summed E-state index contributed by atoms with van der Waals surface area (Å²) in [6, 6.07) is 10.5. The normalized spacial score (nSPS) is 22.4. The number of aliphatic hydroxyl groups excluding tert-OH is 1. The molecule has 5 nitrogen and oxygen atoms in total. The van der Waals surface area contributed by atoms with Crippen LogP contribution in [0.2, 0.25) is 0 Å². The monoisotopic (exact) mass is 387 g/mol. The Labute approximate surface area is 165 Å². The van der Waals surface area contributed by atoms with Crippen LogP contribution < -0.4 is 5.32 Å². The van der Waals surface area contributed by atoms with Gasteiger partial charge < -0.3 is 15.2 Å². The van der Waals surface area contributed by atoms with E-state index in [1.807, 2.05) is 18.2 Å². The van der Waals surface area contributed by atoms with E-state index >= 15 is 0 Å². The largest absolute Gasteiger partial charge is 0.381 e. The Balaban J connectivity index is 1.39. The Bertz CT molecular complexity index is 730. The molecule has 2 atom stereocenters. The molecule has 27 heavy (non-hydrogen) atoms. The van der Waals surface area contributed by atoms with E-state index in [9.17, 15) is 5.11 Å². The second-order valence-corrected chi connectivity index (χ2v) is 8.59. The number of thiazole rings is 1. The summed E-state index contributed by atoms with van der Waals surface area (Å²) in [6.07, 6.45) is 3.69. The van der Waals surface area contributed by atoms with E-state index < -0.39 is 6.23 Å². The molecule has 6 heteroatoms. The van der Waals surface area contributed by atoms with Crippen molar-refractivity contribution >= 4 is 16.5 Å². The molecule has 0 aliphatic carbocycles. The minimum absolute atomic E-state index is 0.182. The Hall–Kier alpha value is -1.47. The zero-order valence-electron chi connectivity index (χ0n) is 15.9. The smallest absolute Gasteiger partial charge is 0.185 e. The summed E-state index contributed by atoms with van der Waals surface area (Å²) in [5.41, 5.74) is 2.17. The number of nitrogens with one attached hydrogen (secondary N) is 1. The molecule has 2 saturated heterocycles. The molecule has 0 bridgehead atoms. The van der Waals surface area contributed by atoms with Crippen LogP contribution in [-0.2, 0) is 11.2 Å². The molecule has 146 valence electrons. The van der Waals surface area contributed by atoms with Gasteiger partial charge in [0, 0.05) is 36.7 Å². The lowest BCUT2D eigenvalue weighted by atomic mass is 9.94. The van der Waals surface area contributed by atoms with E-state index in [1.54, 1.807) is 11.3 Å². The number of benzene rings is 1. The Kier molecular flexibility index (Phi) is 6.08. The highest BCUT2D eigenvalue weighted by Crippen LogP contribution is 2.33. The van der Waals surface area contributed by atoms with Gasteiger partial charge in [-0.1, -0.05) is 37.3 Å². The number of hydrogen-bond acceptors (Lipinski definition) is 6. The maximum absolute atomic E-state index is 10.8. The van der Waals surface area contributed by atoms with Gasteiger partial charge in [0.05, 0.1) is 11.7 Å². The van der Waals surface area contributed by atoms with Gasteiger partial charge in [-0.15, -0.1) is 11.3 Å². The van der Waals surface area contributed by atoms with Gasteiger partial charge in [0.1, 0.15) is 6.23 Å². The number of likely N-dealkylation sites (tertiary alicyclic amines) is 1. The number of ether oxygens (including phenoxy) is 1. The average Bonchev–Trinajstić information content (AvgIpc) is 3.09. The molecule has 0 amide bonds. The zero-order chi connectivity index (χ0) is 18.6. The van der Waals surface area contributed by atoms with E-state index in [-0.39, 0.29) is 6.04 Å². The van der Waals surface area contributed by atoms with Gasteiger partial charge in [0.2, 0.25) is 0 Å². The first-order chi connectivity index (χ1) is 13.2. The molecule has 1 aromatic carbocycles. The van der Waals surface area contributed by atoms with Crippen LogP contribution in [0.15, 0.2) is 30.3 Å². The molecule has 0 saturated carbocycles. The van der Waals surface area contributed by atoms with Crippen molar-refractivity contribution in [3.63, 3.8) is 0 Å². The quantitative estimate of drug-likeness (QED) is 0.711. The number of aliphatic hydroxyl groups is 1. The van der Waals surface area contributed by atoms with Crippen LogP contribution in [0.4, 0.5) is 5.13 Å². The van der Waals surface area contributed by atoms with Crippen molar-refractivity contribution in [2.24, 2.45) is 5.92 Å². The molecule has 2 aliphatic rings. The Morgan fingerprint density at radius 2 is 2.04 bits per heavy atom. The van der Waals surface area contributed by atoms with Gasteiger partial charge in [-0.3, -0.25) is 4.90 Å². The second kappa shape index (κ2) is 8.69. The van der Waals surface area contributed by atoms with Crippen LogP contribution in [0, 0.1) is 5.92 Å². The molecule has 1 aromatic heterocycles. The van der Waals surface area contributed by atoms with Crippen molar-refractivity contribution in [1.29, 1.82) is 0 Å². The van der Waals surface area contributed by atoms with Gasteiger partial charge in [0.25, 0.3) is 0 Å². The van der Waals surface area contributed by atoms with Crippen LogP contribution in [0.25, 0.3) is 11.3 Å². The molecule has 0 radical (unpaired) electrons. The summed E-state index contributed by atoms with van der Waals surface area (Å²) in [5.74, 6) is 0.699. The van der Waals surface area contributed by atoms with Gasteiger partial charge in [-0.2, -0.15) is 0 Å². The van der Waals surface area contributed by atoms with Crippen LogP contribution in [0.5, 0.6) is 0 Å². The topological polar surface area (TPSA) is 57.6 Å². The van der Waals surface area contributed by atoms with Gasteiger partial charge in [-0.05, 0) is 31.6 Å². The van der Waals surface area contributed by atoms with Crippen molar-refractivity contribution in [2.75, 3.05) is 31.6 Å². The van der Waals surface area contributed by atoms with Gasteiger partial charge >= 0.3 is 0 Å². The van der Waals surface area contributed by atoms with Crippen LogP contribution in [-0.4, -0.2) is 53.6 Å². The lowest BCUT2D eigenvalue weighted by Crippen LogP contribution is -2.57. The van der Waals surface area contributed by atoms with Crippen molar-refractivity contribution in [3.8, 4) is 11.3 Å². The minimum Gasteiger partial charge on any atom is -0.381 e. The first-order valence-electron chi connectivity index (χ1n) is 10.1. The highest BCUT2D eigenvalue weighted by Gasteiger charge is 2.35. The third-order valence-corrected chi connectivity index (χ3v) is 6.85. The zero-order valence-corrected chi connectivity index (χ0v) is 16.8. The summed E-state index contributed by atoms with van der Waals surface area (Å²) >= 11 is 1.65. The highest BCUT2D eigenvalue weighted by molar-refractivity contribution is 7.16. The molecular formula is C21H29N3O2S. The van der Waals surface area contributed by atoms with Gasteiger partial charge in [0.15, 0.2) is 5.13 Å². The summed E-state index contributed by atoms with van der Waals surface area (Å²) in [7, 11) is 0. The number of rotatable bonds is 7. The number of anilines is 1. The highest BCUT2D eigenvalue weighted by atomic mass is 32.1. The number of aryl methyl sites for hydroxylation is 1.